The molecule has 18 aromatic rings. The van der Waals surface area contributed by atoms with Gasteiger partial charge in [0.1, 0.15) is 0 Å². The molecule has 0 atom stereocenters. The van der Waals surface area contributed by atoms with Gasteiger partial charge < -0.3 is 19.6 Å². The Labute approximate surface area is 593 Å². The van der Waals surface area contributed by atoms with E-state index >= 15 is 0 Å². The lowest BCUT2D eigenvalue weighted by atomic mass is 9.83. The highest BCUT2D eigenvalue weighted by Gasteiger charge is 2.27. The molecule has 0 fully saturated rings. The summed E-state index contributed by atoms with van der Waals surface area (Å²) >= 11 is 0. The van der Waals surface area contributed by atoms with Crippen molar-refractivity contribution in [3.8, 4) is 11.1 Å². The Morgan fingerprint density at radius 2 is 0.451 bits per heavy atom. The minimum absolute atomic E-state index is 0.806. The molecule has 19 rings (SSSR count). The molecular weight excluding hydrogens is 1230 g/mol. The van der Waals surface area contributed by atoms with Gasteiger partial charge in [-0.25, -0.2) is 0 Å². The van der Waals surface area contributed by atoms with Crippen LogP contribution in [0.2, 0.25) is 0 Å². The maximum atomic E-state index is 2.49. The highest BCUT2D eigenvalue weighted by Crippen LogP contribution is 2.51. The summed E-state index contributed by atoms with van der Waals surface area (Å²) in [5.74, 6) is 0. The molecule has 0 aromatic heterocycles. The largest absolute Gasteiger partial charge is 0.314 e. The summed E-state index contributed by atoms with van der Waals surface area (Å²) in [6.45, 7) is 0. The molecule has 480 valence electrons. The van der Waals surface area contributed by atoms with E-state index in [4.69, 9.17) is 0 Å². The molecule has 102 heavy (non-hydrogen) atoms. The maximum absolute atomic E-state index is 2.49. The predicted molar refractivity (Wildman–Crippen MR) is 436 cm³/mol. The summed E-state index contributed by atoms with van der Waals surface area (Å²) in [7, 11) is 0. The number of rotatable bonds is 14. The summed E-state index contributed by atoms with van der Waals surface area (Å²) < 4.78 is 0. The first kappa shape index (κ1) is 59.9. The van der Waals surface area contributed by atoms with E-state index < -0.39 is 0 Å². The molecule has 0 aliphatic heterocycles. The minimum atomic E-state index is 0.806. The maximum Gasteiger partial charge on any atom is 0.0468 e. The van der Waals surface area contributed by atoms with E-state index in [2.05, 4.69) is 408 Å². The number of para-hydroxylation sites is 4. The zero-order valence-corrected chi connectivity index (χ0v) is 56.2. The summed E-state index contributed by atoms with van der Waals surface area (Å²) in [5.41, 5.74) is 18.0. The topological polar surface area (TPSA) is 13.0 Å². The lowest BCUT2D eigenvalue weighted by Crippen LogP contribution is -2.18. The highest BCUT2D eigenvalue weighted by atomic mass is 15.2. The molecule has 0 saturated carbocycles. The van der Waals surface area contributed by atoms with Crippen LogP contribution in [0.15, 0.2) is 394 Å². The molecular formula is C98H68N4. The minimum Gasteiger partial charge on any atom is -0.314 e. The first-order chi connectivity index (χ1) is 50.5. The second-order valence-electron chi connectivity index (χ2n) is 26.8. The van der Waals surface area contributed by atoms with Gasteiger partial charge in [0.05, 0.1) is 0 Å². The fraction of sp³-hybridized carbons (Fsp3) is 0.0204. The molecule has 0 spiro atoms. The molecule has 4 heteroatoms. The van der Waals surface area contributed by atoms with Gasteiger partial charge in [-0.2, -0.15) is 0 Å². The number of hydrogen-bond donors (Lipinski definition) is 0. The monoisotopic (exact) mass is 1300 g/mol. The van der Waals surface area contributed by atoms with E-state index in [-0.39, 0.29) is 0 Å². The van der Waals surface area contributed by atoms with E-state index in [1.165, 1.54) is 103 Å². The van der Waals surface area contributed by atoms with E-state index in [9.17, 15) is 0 Å². The van der Waals surface area contributed by atoms with Gasteiger partial charge in [-0.05, 0) is 285 Å². The van der Waals surface area contributed by atoms with Crippen molar-refractivity contribution in [3.63, 3.8) is 0 Å². The second-order valence-corrected chi connectivity index (χ2v) is 26.8. The Balaban J connectivity index is 0.865. The van der Waals surface area contributed by atoms with Crippen LogP contribution in [0.1, 0.15) is 18.4 Å². The summed E-state index contributed by atoms with van der Waals surface area (Å²) in [5, 5.41) is 19.3. The summed E-state index contributed by atoms with van der Waals surface area (Å²) in [6.07, 6.45) is 6.45. The first-order valence-corrected chi connectivity index (χ1v) is 35.3. The number of benzene rings is 18. The van der Waals surface area contributed by atoms with Crippen LogP contribution in [0.4, 0.5) is 62.6 Å². The SMILES string of the molecule is C1=C(c2c3cc(N(c4ccccc4)c4ccc5cc6ccccc6cc5c4)ccc3c(-c3ccc(N(c4ccccc4)c4ccc5ccccc5c4)cc3)c3cc(N(c4ccccc4)c4ccc5cc6ccccc6cc5c4)ccc23)CCC(N(c2ccccc2)c2ccc3ccccc3c2)=C1. The van der Waals surface area contributed by atoms with Crippen LogP contribution in [-0.4, -0.2) is 0 Å². The van der Waals surface area contributed by atoms with Crippen molar-refractivity contribution in [2.75, 3.05) is 19.6 Å². The van der Waals surface area contributed by atoms with Crippen molar-refractivity contribution in [3.05, 3.63) is 400 Å². The van der Waals surface area contributed by atoms with E-state index in [0.29, 0.717) is 0 Å². The van der Waals surface area contributed by atoms with Crippen molar-refractivity contribution < 1.29 is 0 Å². The third-order valence-corrected chi connectivity index (χ3v) is 20.7. The number of allylic oxidation sites excluding steroid dienone is 4. The van der Waals surface area contributed by atoms with Gasteiger partial charge in [-0.3, -0.25) is 0 Å². The van der Waals surface area contributed by atoms with E-state index in [0.717, 1.165) is 86.4 Å². The average molecular weight is 1300 g/mol. The van der Waals surface area contributed by atoms with Crippen LogP contribution >= 0.6 is 0 Å². The zero-order chi connectivity index (χ0) is 67.5. The van der Waals surface area contributed by atoms with Crippen LogP contribution < -0.4 is 19.6 Å². The van der Waals surface area contributed by atoms with Crippen molar-refractivity contribution >= 4 is 154 Å². The number of anilines is 11. The van der Waals surface area contributed by atoms with Gasteiger partial charge in [0.25, 0.3) is 0 Å². The molecule has 0 N–H and O–H groups in total. The Kier molecular flexibility index (Phi) is 15.0. The quantitative estimate of drug-likeness (QED) is 0.101. The molecule has 1 aliphatic carbocycles. The standard InChI is InChI=1S/C98H68N4/c1-5-29-81(30-6-1)99(87-49-37-67-21-13-15-27-75(67)61-87)85-45-39-69(40-46-85)97-93-55-53-92(102(84-35-11-4-12-36-84)90-52-44-78-58-72-24-18-20-26-74(72)60-80(78)64-90)66-96(93)98(70-41-47-86(48-42-70)100(82-31-7-2-8-32-82)88-50-38-68-22-14-16-28-76(68)62-88)94-56-54-91(65-95(94)97)101(83-33-9-3-10-34-83)89-51-43-77-57-71-23-17-19-25-73(71)59-79(77)63-89/h1-41,43-47,49-66H,42,48H2. The lowest BCUT2D eigenvalue weighted by Gasteiger charge is -2.31. The van der Waals surface area contributed by atoms with Crippen molar-refractivity contribution in [2.45, 2.75) is 12.8 Å². The fourth-order valence-electron chi connectivity index (χ4n) is 15.8. The number of hydrogen-bond acceptors (Lipinski definition) is 4. The lowest BCUT2D eigenvalue weighted by molar-refractivity contribution is 0.932. The molecule has 0 radical (unpaired) electrons. The molecule has 0 unspecified atom stereocenters. The van der Waals surface area contributed by atoms with Crippen molar-refractivity contribution in [1.29, 1.82) is 0 Å². The van der Waals surface area contributed by atoms with Crippen molar-refractivity contribution in [2.24, 2.45) is 0 Å². The summed E-state index contributed by atoms with van der Waals surface area (Å²) in [4.78, 5) is 9.74. The molecule has 0 saturated heterocycles. The average Bonchev–Trinajstić information content (AvgIpc) is 0.722. The molecule has 4 nitrogen and oxygen atoms in total. The Bertz CT molecular complexity index is 6320. The van der Waals surface area contributed by atoms with Gasteiger partial charge in [0.2, 0.25) is 0 Å². The zero-order valence-electron chi connectivity index (χ0n) is 56.2. The van der Waals surface area contributed by atoms with Gasteiger partial charge in [0.15, 0.2) is 0 Å². The molecule has 0 bridgehead atoms. The third-order valence-electron chi connectivity index (χ3n) is 20.7. The van der Waals surface area contributed by atoms with Crippen LogP contribution in [0, 0.1) is 0 Å². The fourth-order valence-corrected chi connectivity index (χ4v) is 15.8. The second kappa shape index (κ2) is 25.5. The number of fused-ring (bicyclic) bond motifs is 8. The normalized spacial score (nSPS) is 12.4. The predicted octanol–water partition coefficient (Wildman–Crippen LogP) is 27.9. The Hall–Kier alpha value is -13.3. The van der Waals surface area contributed by atoms with Crippen LogP contribution in [0.5, 0.6) is 0 Å². The highest BCUT2D eigenvalue weighted by molar-refractivity contribution is 6.21. The van der Waals surface area contributed by atoms with Crippen molar-refractivity contribution in [1.82, 2.24) is 0 Å². The van der Waals surface area contributed by atoms with E-state index in [1.54, 1.807) is 0 Å². The third kappa shape index (κ3) is 11.0. The molecule has 1 aliphatic rings. The van der Waals surface area contributed by atoms with Gasteiger partial charge in [-0.1, -0.05) is 224 Å². The molecule has 0 heterocycles. The van der Waals surface area contributed by atoms with Gasteiger partial charge >= 0.3 is 0 Å². The molecule has 18 aromatic carbocycles. The van der Waals surface area contributed by atoms with E-state index in [1.807, 2.05) is 0 Å². The van der Waals surface area contributed by atoms with Crippen LogP contribution in [0.25, 0.3) is 103 Å². The Morgan fingerprint density at radius 3 is 0.873 bits per heavy atom. The van der Waals surface area contributed by atoms with Crippen LogP contribution in [-0.2, 0) is 0 Å². The van der Waals surface area contributed by atoms with Crippen LogP contribution in [0.3, 0.4) is 0 Å². The smallest absolute Gasteiger partial charge is 0.0468 e. The first-order valence-electron chi connectivity index (χ1n) is 35.3. The Morgan fingerprint density at radius 1 is 0.167 bits per heavy atom. The van der Waals surface area contributed by atoms with Gasteiger partial charge in [0, 0.05) is 68.3 Å². The number of nitrogens with zero attached hydrogens (tertiary/aromatic N) is 4. The summed E-state index contributed by atoms with van der Waals surface area (Å²) in [6, 6.07) is 139. The van der Waals surface area contributed by atoms with Gasteiger partial charge in [-0.15, -0.1) is 0 Å². The molecule has 0 amide bonds.